The second-order valence-electron chi connectivity index (χ2n) is 7.76. The van der Waals surface area contributed by atoms with Crippen LogP contribution in [-0.2, 0) is 0 Å². The highest BCUT2D eigenvalue weighted by Gasteiger charge is 2.43. The minimum Gasteiger partial charge on any atom is -0.421 e. The summed E-state index contributed by atoms with van der Waals surface area (Å²) in [4.78, 5) is 17.5. The average Bonchev–Trinajstić information content (AvgIpc) is 2.94. The SMILES string of the molecule is O[Si]1(c2cccc3ccc4cccnc4c23)c2ccccc2C=Cc2ccccc21. The van der Waals surface area contributed by atoms with Gasteiger partial charge in [-0.3, -0.25) is 4.98 Å². The highest BCUT2D eigenvalue weighted by molar-refractivity contribution is 7.08. The molecule has 2 heterocycles. The molecule has 0 bridgehead atoms. The zero-order valence-electron chi connectivity index (χ0n) is 16.3. The molecule has 142 valence electrons. The van der Waals surface area contributed by atoms with Crippen LogP contribution >= 0.6 is 0 Å². The summed E-state index contributed by atoms with van der Waals surface area (Å²) in [7, 11) is -3.29. The van der Waals surface area contributed by atoms with E-state index in [4.69, 9.17) is 4.98 Å². The van der Waals surface area contributed by atoms with Gasteiger partial charge in [-0.1, -0.05) is 97.1 Å². The van der Waals surface area contributed by atoms with Gasteiger partial charge in [0.25, 0.3) is 8.32 Å². The summed E-state index contributed by atoms with van der Waals surface area (Å²) in [5.41, 5.74) is 3.10. The zero-order valence-corrected chi connectivity index (χ0v) is 17.3. The molecular formula is C27H19NOSi. The maximum atomic E-state index is 12.8. The fourth-order valence-corrected chi connectivity index (χ4v) is 8.45. The van der Waals surface area contributed by atoms with Crippen molar-refractivity contribution in [1.29, 1.82) is 0 Å². The number of fused-ring (bicyclic) bond motifs is 5. The zero-order chi connectivity index (χ0) is 20.1. The fourth-order valence-electron chi connectivity index (χ4n) is 4.77. The Hall–Kier alpha value is -3.53. The van der Waals surface area contributed by atoms with Gasteiger partial charge in [0.1, 0.15) is 0 Å². The van der Waals surface area contributed by atoms with Crippen molar-refractivity contribution < 1.29 is 4.80 Å². The Balaban J connectivity index is 1.82. The Bertz CT molecular complexity index is 1420. The number of aromatic nitrogens is 1. The van der Waals surface area contributed by atoms with E-state index in [1.165, 1.54) is 0 Å². The van der Waals surface area contributed by atoms with Gasteiger partial charge in [-0.15, -0.1) is 0 Å². The van der Waals surface area contributed by atoms with Crippen LogP contribution in [0.1, 0.15) is 11.1 Å². The Morgan fingerprint density at radius 2 is 1.17 bits per heavy atom. The van der Waals surface area contributed by atoms with E-state index in [0.29, 0.717) is 0 Å². The van der Waals surface area contributed by atoms with E-state index in [1.807, 2.05) is 36.5 Å². The first-order valence-corrected chi connectivity index (χ1v) is 12.1. The van der Waals surface area contributed by atoms with Crippen molar-refractivity contribution in [2.24, 2.45) is 0 Å². The molecule has 30 heavy (non-hydrogen) atoms. The molecule has 2 nitrogen and oxygen atoms in total. The third-order valence-electron chi connectivity index (χ3n) is 6.15. The van der Waals surface area contributed by atoms with Crippen LogP contribution in [0.3, 0.4) is 0 Å². The van der Waals surface area contributed by atoms with Crippen molar-refractivity contribution >= 4 is 57.7 Å². The smallest absolute Gasteiger partial charge is 0.287 e. The Morgan fingerprint density at radius 1 is 0.567 bits per heavy atom. The molecule has 1 aliphatic rings. The minimum absolute atomic E-state index is 0.943. The molecule has 0 unspecified atom stereocenters. The minimum atomic E-state index is -3.29. The van der Waals surface area contributed by atoms with Gasteiger partial charge in [-0.05, 0) is 38.1 Å². The van der Waals surface area contributed by atoms with E-state index in [-0.39, 0.29) is 0 Å². The highest BCUT2D eigenvalue weighted by atomic mass is 28.4. The largest absolute Gasteiger partial charge is 0.421 e. The van der Waals surface area contributed by atoms with E-state index in [2.05, 4.69) is 72.8 Å². The summed E-state index contributed by atoms with van der Waals surface area (Å²) in [5, 5.41) is 6.28. The van der Waals surface area contributed by atoms with Gasteiger partial charge in [0.05, 0.1) is 5.52 Å². The van der Waals surface area contributed by atoms with Gasteiger partial charge < -0.3 is 4.80 Å². The number of rotatable bonds is 1. The third kappa shape index (κ3) is 2.37. The molecule has 6 rings (SSSR count). The lowest BCUT2D eigenvalue weighted by Crippen LogP contribution is -2.68. The van der Waals surface area contributed by atoms with Crippen molar-refractivity contribution in [2.75, 3.05) is 0 Å². The predicted molar refractivity (Wildman–Crippen MR) is 128 cm³/mol. The number of nitrogens with zero attached hydrogens (tertiary/aromatic N) is 1. The Kier molecular flexibility index (Phi) is 3.75. The molecular weight excluding hydrogens is 382 g/mol. The van der Waals surface area contributed by atoms with Crippen LogP contribution in [0.2, 0.25) is 0 Å². The van der Waals surface area contributed by atoms with Crippen LogP contribution in [0.4, 0.5) is 0 Å². The van der Waals surface area contributed by atoms with Crippen molar-refractivity contribution in [2.45, 2.75) is 0 Å². The van der Waals surface area contributed by atoms with Crippen LogP contribution in [-0.4, -0.2) is 18.1 Å². The molecule has 0 spiro atoms. The third-order valence-corrected chi connectivity index (χ3v) is 9.81. The van der Waals surface area contributed by atoms with Gasteiger partial charge in [-0.25, -0.2) is 0 Å². The lowest BCUT2D eigenvalue weighted by Gasteiger charge is -2.30. The van der Waals surface area contributed by atoms with E-state index >= 15 is 0 Å². The van der Waals surface area contributed by atoms with E-state index in [0.717, 1.165) is 48.4 Å². The van der Waals surface area contributed by atoms with Crippen LogP contribution in [0.25, 0.3) is 33.8 Å². The molecule has 5 aromatic rings. The number of hydrogen-bond donors (Lipinski definition) is 1. The molecule has 0 amide bonds. The summed E-state index contributed by atoms with van der Waals surface area (Å²) < 4.78 is 0. The van der Waals surface area contributed by atoms with Gasteiger partial charge in [0.15, 0.2) is 0 Å². The van der Waals surface area contributed by atoms with E-state index in [1.54, 1.807) is 0 Å². The topological polar surface area (TPSA) is 33.1 Å². The maximum Gasteiger partial charge on any atom is 0.287 e. The molecule has 4 aromatic carbocycles. The Morgan fingerprint density at radius 3 is 1.90 bits per heavy atom. The number of pyridine rings is 1. The van der Waals surface area contributed by atoms with E-state index in [9.17, 15) is 4.80 Å². The van der Waals surface area contributed by atoms with Gasteiger partial charge >= 0.3 is 0 Å². The molecule has 0 atom stereocenters. The molecule has 1 aliphatic heterocycles. The second kappa shape index (κ2) is 6.49. The molecule has 3 heteroatoms. The average molecular weight is 402 g/mol. The predicted octanol–water partition coefficient (Wildman–Crippen LogP) is 3.83. The first-order valence-electron chi connectivity index (χ1n) is 10.1. The molecule has 0 saturated heterocycles. The normalized spacial score (nSPS) is 14.3. The molecule has 1 N–H and O–H groups in total. The highest BCUT2D eigenvalue weighted by Crippen LogP contribution is 2.25. The van der Waals surface area contributed by atoms with Crippen molar-refractivity contribution in [3.63, 3.8) is 0 Å². The summed E-state index contributed by atoms with van der Waals surface area (Å²) in [6.45, 7) is 0. The lowest BCUT2D eigenvalue weighted by atomic mass is 10.1. The van der Waals surface area contributed by atoms with Crippen LogP contribution in [0.5, 0.6) is 0 Å². The van der Waals surface area contributed by atoms with Gasteiger partial charge in [0.2, 0.25) is 0 Å². The molecule has 0 radical (unpaired) electrons. The summed E-state index contributed by atoms with van der Waals surface area (Å²) in [6.07, 6.45) is 6.09. The fraction of sp³-hybridized carbons (Fsp3) is 0. The first-order chi connectivity index (χ1) is 14.8. The Labute approximate surface area is 175 Å². The lowest BCUT2D eigenvalue weighted by molar-refractivity contribution is 0.583. The van der Waals surface area contributed by atoms with E-state index < -0.39 is 8.32 Å². The summed E-state index contributed by atoms with van der Waals surface area (Å²) >= 11 is 0. The quantitative estimate of drug-likeness (QED) is 0.342. The summed E-state index contributed by atoms with van der Waals surface area (Å²) in [5.74, 6) is 0. The molecule has 0 saturated carbocycles. The van der Waals surface area contributed by atoms with Crippen molar-refractivity contribution in [3.05, 3.63) is 108 Å². The number of hydrogen-bond acceptors (Lipinski definition) is 2. The maximum absolute atomic E-state index is 12.8. The molecule has 1 aromatic heterocycles. The van der Waals surface area contributed by atoms with Crippen molar-refractivity contribution in [1.82, 2.24) is 4.98 Å². The van der Waals surface area contributed by atoms with Crippen LogP contribution < -0.4 is 15.6 Å². The molecule has 0 fully saturated rings. The van der Waals surface area contributed by atoms with Gasteiger partial charge in [0, 0.05) is 17.0 Å². The number of benzene rings is 4. The monoisotopic (exact) mass is 401 g/mol. The van der Waals surface area contributed by atoms with Crippen molar-refractivity contribution in [3.8, 4) is 0 Å². The first kappa shape index (κ1) is 17.3. The van der Waals surface area contributed by atoms with Gasteiger partial charge in [-0.2, -0.15) is 0 Å². The summed E-state index contributed by atoms with van der Waals surface area (Å²) in [6, 6.07) is 31.0. The second-order valence-corrected chi connectivity index (χ2v) is 10.8. The standard InChI is InChI=1S/C27H19NOSi/c29-30(23-11-3-1-7-19(23)14-15-20-8-2-4-12-24(20)30)25-13-5-9-21-16-17-22-10-6-18-28-27(22)26(21)25/h1-18,29H. The van der Waals surface area contributed by atoms with Crippen LogP contribution in [0.15, 0.2) is 97.2 Å². The molecule has 0 aliphatic carbocycles. The van der Waals surface area contributed by atoms with Crippen LogP contribution in [0, 0.1) is 0 Å².